The molecule has 7 rings (SSSR count). The zero-order chi connectivity index (χ0) is 42.8. The molecule has 5 aliphatic rings. The summed E-state index contributed by atoms with van der Waals surface area (Å²) in [5.74, 6) is -6.41. The summed E-state index contributed by atoms with van der Waals surface area (Å²) in [7, 11) is 4.80. The van der Waals surface area contributed by atoms with E-state index in [-0.39, 0.29) is 54.0 Å². The summed E-state index contributed by atoms with van der Waals surface area (Å²) in [6.07, 6.45) is -7.33. The van der Waals surface area contributed by atoms with Gasteiger partial charge in [-0.2, -0.15) is 0 Å². The van der Waals surface area contributed by atoms with Gasteiger partial charge >= 0.3 is 5.97 Å². The van der Waals surface area contributed by atoms with Crippen LogP contribution in [0.3, 0.4) is 0 Å². The van der Waals surface area contributed by atoms with Gasteiger partial charge in [-0.15, -0.1) is 0 Å². The van der Waals surface area contributed by atoms with Gasteiger partial charge in [-0.05, 0) is 53.8 Å². The Kier molecular flexibility index (Phi) is 12.2. The first-order valence-corrected chi connectivity index (χ1v) is 20.2. The van der Waals surface area contributed by atoms with E-state index in [0.717, 1.165) is 7.11 Å². The molecule has 0 amide bonds. The number of aliphatic hydroxyl groups is 3. The highest BCUT2D eigenvalue weighted by molar-refractivity contribution is 6.31. The second-order valence-corrected chi connectivity index (χ2v) is 16.6. The van der Waals surface area contributed by atoms with E-state index in [1.54, 1.807) is 27.7 Å². The first-order valence-electron chi connectivity index (χ1n) is 20.2. The molecule has 11 unspecified atom stereocenters. The molecule has 0 saturated carbocycles. The van der Waals surface area contributed by atoms with Gasteiger partial charge < -0.3 is 68.7 Å². The number of nitrogens with zero attached hydrogens (tertiary/aromatic N) is 1. The van der Waals surface area contributed by atoms with E-state index < -0.39 is 125 Å². The lowest BCUT2D eigenvalue weighted by Crippen LogP contribution is -2.58. The van der Waals surface area contributed by atoms with E-state index in [0.29, 0.717) is 12.8 Å². The quantitative estimate of drug-likeness (QED) is 0.134. The number of esters is 1. The number of hydrogen-bond donors (Lipinski definition) is 6. The Hall–Kier alpha value is -3.75. The van der Waals surface area contributed by atoms with Crippen LogP contribution in [-0.2, 0) is 38.0 Å². The smallest absolute Gasteiger partial charge is 0.316 e. The first-order chi connectivity index (χ1) is 27.9. The fourth-order valence-electron chi connectivity index (χ4n) is 9.47. The van der Waals surface area contributed by atoms with Crippen molar-refractivity contribution in [2.45, 2.75) is 151 Å². The van der Waals surface area contributed by atoms with Crippen molar-refractivity contribution >= 4 is 17.5 Å². The maximum Gasteiger partial charge on any atom is 0.316 e. The molecule has 17 nitrogen and oxygen atoms in total. The Morgan fingerprint density at radius 2 is 1.41 bits per heavy atom. The monoisotopic (exact) mass is 829 g/mol. The molecule has 2 aliphatic carbocycles. The maximum absolute atomic E-state index is 14.0. The molecule has 0 bridgehead atoms. The number of benzene rings is 2. The molecule has 3 saturated heterocycles. The summed E-state index contributed by atoms with van der Waals surface area (Å²) in [6, 6.07) is 3.50. The molecule has 14 atom stereocenters. The third-order valence-electron chi connectivity index (χ3n) is 12.7. The fourth-order valence-corrected chi connectivity index (χ4v) is 9.47. The number of aliphatic hydroxyl groups excluding tert-OH is 2. The van der Waals surface area contributed by atoms with Crippen LogP contribution in [-0.4, -0.2) is 148 Å². The molecule has 6 N–H and O–H groups in total. The standard InChI is InChI=1S/C42H55NO16/c1-8-42(52)16-25(30-31(34(42)41(51)53-7)38(50)32-33(37(30)49)36(48)29-20(35(32)47)10-9-11-23(29)45)57-27-14-21(43(5)6)39(18(3)55-27)59-28-15-24(46)40(19(4)56-28)58-26-13-12-22(44)17(2)54-26/h9-11,17-19,21-22,24-28,34,39-40,44-46,49-50,52H,8,12-16H2,1-7H3/t17?,18?,19?,21?,22?,24?,25-,26?,27?,28?,34-,39?,40?,42+/m0/s1. The number of methoxy groups -OCH3 is 1. The third-order valence-corrected chi connectivity index (χ3v) is 12.7. The average Bonchev–Trinajstić information content (AvgIpc) is 3.18. The number of carbonyl (C=O) groups excluding carboxylic acids is 3. The summed E-state index contributed by atoms with van der Waals surface area (Å²) in [5.41, 5.74) is -4.16. The predicted molar refractivity (Wildman–Crippen MR) is 204 cm³/mol. The molecule has 3 fully saturated rings. The highest BCUT2D eigenvalue weighted by Gasteiger charge is 2.55. The van der Waals surface area contributed by atoms with E-state index in [4.69, 9.17) is 33.2 Å². The van der Waals surface area contributed by atoms with Crippen molar-refractivity contribution < 1.29 is 78.2 Å². The lowest BCUT2D eigenvalue weighted by molar-refractivity contribution is -0.328. The van der Waals surface area contributed by atoms with E-state index in [2.05, 4.69) is 0 Å². The normalized spacial score (nSPS) is 37.1. The van der Waals surface area contributed by atoms with Crippen molar-refractivity contribution in [3.8, 4) is 17.2 Å². The minimum atomic E-state index is -1.92. The second-order valence-electron chi connectivity index (χ2n) is 16.6. The Morgan fingerprint density at radius 1 is 0.797 bits per heavy atom. The van der Waals surface area contributed by atoms with Gasteiger partial charge in [-0.1, -0.05) is 19.1 Å². The van der Waals surface area contributed by atoms with Crippen molar-refractivity contribution in [2.24, 2.45) is 0 Å². The summed E-state index contributed by atoms with van der Waals surface area (Å²) in [6.45, 7) is 6.95. The van der Waals surface area contributed by atoms with Crippen LogP contribution in [0.4, 0.5) is 0 Å². The number of ether oxygens (including phenoxy) is 7. The first kappa shape index (κ1) is 43.3. The minimum Gasteiger partial charge on any atom is -0.507 e. The van der Waals surface area contributed by atoms with Crippen LogP contribution in [0.25, 0.3) is 0 Å². The number of fused-ring (bicyclic) bond motifs is 3. The number of carbonyl (C=O) groups is 3. The van der Waals surface area contributed by atoms with Gasteiger partial charge in [0.1, 0.15) is 35.4 Å². The van der Waals surface area contributed by atoms with E-state index in [1.165, 1.54) is 18.2 Å². The van der Waals surface area contributed by atoms with Crippen LogP contribution >= 0.6 is 0 Å². The zero-order valence-corrected chi connectivity index (χ0v) is 34.2. The molecule has 0 aromatic heterocycles. The summed E-state index contributed by atoms with van der Waals surface area (Å²) >= 11 is 0. The van der Waals surface area contributed by atoms with Crippen molar-refractivity contribution in [3.05, 3.63) is 51.6 Å². The van der Waals surface area contributed by atoms with E-state index >= 15 is 0 Å². The van der Waals surface area contributed by atoms with Crippen molar-refractivity contribution in [1.29, 1.82) is 0 Å². The van der Waals surface area contributed by atoms with Crippen LogP contribution in [0, 0.1) is 0 Å². The molecule has 0 spiro atoms. The SMILES string of the molecule is CC[C@@]1(O)C[C@H](OC2CC(N(C)C)C(OC3CC(O)C(OC4CCC(O)C(C)O4)C(C)O3)C(C)O2)c2c(O)c3c(c(O)c2[C@H]1C(=O)OC)C(=O)c1cccc(O)c1C3=O. The lowest BCUT2D eigenvalue weighted by Gasteiger charge is -2.48. The van der Waals surface area contributed by atoms with Gasteiger partial charge in [0.15, 0.2) is 24.7 Å². The highest BCUT2D eigenvalue weighted by Crippen LogP contribution is 2.57. The van der Waals surface area contributed by atoms with Crippen LogP contribution in [0.2, 0.25) is 0 Å². The van der Waals surface area contributed by atoms with Gasteiger partial charge in [0.25, 0.3) is 0 Å². The largest absolute Gasteiger partial charge is 0.507 e. The number of hydrogen-bond acceptors (Lipinski definition) is 17. The topological polar surface area (TPSA) is 240 Å². The Balaban J connectivity index is 1.15. The fraction of sp³-hybridized carbons (Fsp3) is 0.643. The van der Waals surface area contributed by atoms with Crippen LogP contribution in [0.5, 0.6) is 17.2 Å². The molecule has 59 heavy (non-hydrogen) atoms. The van der Waals surface area contributed by atoms with Crippen molar-refractivity contribution in [2.75, 3.05) is 21.2 Å². The molecule has 0 radical (unpaired) electrons. The van der Waals surface area contributed by atoms with Gasteiger partial charge in [0.05, 0.1) is 66.0 Å². The summed E-state index contributed by atoms with van der Waals surface area (Å²) in [5, 5.41) is 67.9. The molecule has 324 valence electrons. The number of ketones is 2. The Bertz CT molecular complexity index is 1940. The Morgan fingerprint density at radius 3 is 2.03 bits per heavy atom. The second kappa shape index (κ2) is 16.6. The Labute approximate surface area is 341 Å². The number of likely N-dealkylation sites (N-methyl/N-ethyl adjacent to an activating group) is 1. The van der Waals surface area contributed by atoms with Crippen LogP contribution < -0.4 is 0 Å². The summed E-state index contributed by atoms with van der Waals surface area (Å²) < 4.78 is 42.6. The van der Waals surface area contributed by atoms with Gasteiger partial charge in [0.2, 0.25) is 5.78 Å². The number of phenols is 3. The maximum atomic E-state index is 14.0. The highest BCUT2D eigenvalue weighted by atomic mass is 16.7. The number of rotatable bonds is 9. The molecule has 3 heterocycles. The molecular weight excluding hydrogens is 774 g/mol. The van der Waals surface area contributed by atoms with E-state index in [9.17, 15) is 45.0 Å². The van der Waals surface area contributed by atoms with Crippen LogP contribution in [0.15, 0.2) is 18.2 Å². The molecule has 3 aliphatic heterocycles. The minimum absolute atomic E-state index is 0.0431. The lowest BCUT2D eigenvalue weighted by atomic mass is 9.66. The average molecular weight is 830 g/mol. The molecule has 2 aromatic rings. The van der Waals surface area contributed by atoms with Crippen molar-refractivity contribution in [1.82, 2.24) is 4.90 Å². The third kappa shape index (κ3) is 7.64. The number of phenolic OH excluding ortho intramolecular Hbond substituents is 3. The summed E-state index contributed by atoms with van der Waals surface area (Å²) in [4.78, 5) is 43.2. The van der Waals surface area contributed by atoms with Gasteiger partial charge in [0, 0.05) is 48.4 Å². The van der Waals surface area contributed by atoms with Crippen molar-refractivity contribution in [3.63, 3.8) is 0 Å². The van der Waals surface area contributed by atoms with Crippen LogP contribution in [0.1, 0.15) is 121 Å². The van der Waals surface area contributed by atoms with Gasteiger partial charge in [-0.3, -0.25) is 14.4 Å². The van der Waals surface area contributed by atoms with Gasteiger partial charge in [-0.25, -0.2) is 0 Å². The molecule has 2 aromatic carbocycles. The number of aromatic hydroxyl groups is 3. The molecule has 17 heteroatoms. The molecular formula is C42H55NO16. The van der Waals surface area contributed by atoms with E-state index in [1.807, 2.05) is 19.0 Å². The predicted octanol–water partition coefficient (Wildman–Crippen LogP) is 2.66. The zero-order valence-electron chi connectivity index (χ0n) is 34.2.